The Kier molecular flexibility index (Phi) is 8.18. The first kappa shape index (κ1) is 27.9. The number of halogens is 3. The number of aromatic nitrogens is 2. The van der Waals surface area contributed by atoms with Crippen LogP contribution in [0.3, 0.4) is 0 Å². The zero-order chi connectivity index (χ0) is 28.9. The molecule has 0 aliphatic carbocycles. The molecule has 40 heavy (non-hydrogen) atoms. The highest BCUT2D eigenvalue weighted by molar-refractivity contribution is 6.04. The number of nitrogens with one attached hydrogen (secondary N) is 2. The van der Waals surface area contributed by atoms with E-state index < -0.39 is 12.1 Å². The fraction of sp³-hybridized carbons (Fsp3) is 0.100. The first-order valence-electron chi connectivity index (χ1n) is 12.1. The van der Waals surface area contributed by atoms with Gasteiger partial charge in [0.25, 0.3) is 5.91 Å². The Morgan fingerprint density at radius 2 is 1.40 bits per heavy atom. The maximum Gasteiger partial charge on any atom is 0.490 e. The SMILES string of the molecule is Cc1cccc(NC(=O)c2cccc(-n3ncc4cc(Nc5cccc(C)c5)ccc43)c2)c1.O=C(O)C(F)(F)F. The van der Waals surface area contributed by atoms with E-state index >= 15 is 0 Å². The van der Waals surface area contributed by atoms with Gasteiger partial charge < -0.3 is 15.7 Å². The highest BCUT2D eigenvalue weighted by Crippen LogP contribution is 2.25. The summed E-state index contributed by atoms with van der Waals surface area (Å²) in [5.41, 5.74) is 7.52. The molecule has 0 aliphatic heterocycles. The Bertz CT molecular complexity index is 1680. The Morgan fingerprint density at radius 1 is 0.800 bits per heavy atom. The smallest absolute Gasteiger partial charge is 0.475 e. The fourth-order valence-corrected chi connectivity index (χ4v) is 3.91. The number of rotatable bonds is 5. The van der Waals surface area contributed by atoms with Crippen molar-refractivity contribution in [3.8, 4) is 5.69 Å². The molecule has 0 saturated carbocycles. The molecule has 10 heteroatoms. The number of fused-ring (bicyclic) bond motifs is 1. The van der Waals surface area contributed by atoms with Crippen LogP contribution in [0.25, 0.3) is 16.6 Å². The van der Waals surface area contributed by atoms with Crippen LogP contribution in [-0.2, 0) is 4.79 Å². The summed E-state index contributed by atoms with van der Waals surface area (Å²) in [5.74, 6) is -2.91. The number of aryl methyl sites for hydroxylation is 2. The fourth-order valence-electron chi connectivity index (χ4n) is 3.91. The van der Waals surface area contributed by atoms with E-state index in [1.165, 1.54) is 5.56 Å². The minimum atomic E-state index is -5.08. The number of carbonyl (C=O) groups is 2. The van der Waals surface area contributed by atoms with E-state index in [2.05, 4.69) is 40.9 Å². The van der Waals surface area contributed by atoms with Gasteiger partial charge in [-0.15, -0.1) is 0 Å². The van der Waals surface area contributed by atoms with Gasteiger partial charge in [-0.1, -0.05) is 30.3 Å². The number of carbonyl (C=O) groups excluding carboxylic acids is 1. The van der Waals surface area contributed by atoms with Crippen LogP contribution in [0, 0.1) is 13.8 Å². The summed E-state index contributed by atoms with van der Waals surface area (Å²) in [4.78, 5) is 21.7. The molecule has 1 heterocycles. The molecule has 0 spiro atoms. The number of anilines is 3. The number of hydrogen-bond acceptors (Lipinski definition) is 4. The number of aliphatic carboxylic acids is 1. The molecule has 0 bridgehead atoms. The molecule has 1 amide bonds. The minimum Gasteiger partial charge on any atom is -0.475 e. The summed E-state index contributed by atoms with van der Waals surface area (Å²) >= 11 is 0. The number of carboxylic acids is 1. The highest BCUT2D eigenvalue weighted by atomic mass is 19.4. The second kappa shape index (κ2) is 11.7. The number of benzene rings is 4. The van der Waals surface area contributed by atoms with Gasteiger partial charge in [0, 0.05) is 28.0 Å². The van der Waals surface area contributed by atoms with Crippen molar-refractivity contribution in [1.82, 2.24) is 9.78 Å². The van der Waals surface area contributed by atoms with Gasteiger partial charge in [-0.3, -0.25) is 4.79 Å². The standard InChI is InChI=1S/C28H24N4O.C2HF3O2/c1-19-6-3-9-23(14-19)30-25-12-13-27-22(16-25)18-29-32(27)26-11-5-8-21(17-26)28(33)31-24-10-4-7-20(2)15-24;3-2(4,5)1(6)7/h3-18,30H,1-2H3,(H,31,33);(H,6,7). The van der Waals surface area contributed by atoms with E-state index in [0.717, 1.165) is 39.2 Å². The van der Waals surface area contributed by atoms with Crippen LogP contribution in [0.4, 0.5) is 30.2 Å². The third-order valence-corrected chi connectivity index (χ3v) is 5.75. The van der Waals surface area contributed by atoms with Gasteiger partial charge in [0.05, 0.1) is 17.4 Å². The van der Waals surface area contributed by atoms with Crippen molar-refractivity contribution in [2.24, 2.45) is 0 Å². The average Bonchev–Trinajstić information content (AvgIpc) is 3.32. The molecule has 0 unspecified atom stereocenters. The van der Waals surface area contributed by atoms with Gasteiger partial charge in [-0.25, -0.2) is 9.48 Å². The molecule has 204 valence electrons. The Balaban J connectivity index is 0.000000470. The normalized spacial score (nSPS) is 10.9. The second-order valence-electron chi connectivity index (χ2n) is 9.00. The van der Waals surface area contributed by atoms with E-state index in [-0.39, 0.29) is 5.91 Å². The van der Waals surface area contributed by atoms with Crippen LogP contribution in [-0.4, -0.2) is 32.9 Å². The van der Waals surface area contributed by atoms with Crippen LogP contribution >= 0.6 is 0 Å². The minimum absolute atomic E-state index is 0.149. The summed E-state index contributed by atoms with van der Waals surface area (Å²) in [6.45, 7) is 4.08. The molecule has 1 aromatic heterocycles. The van der Waals surface area contributed by atoms with Gasteiger partial charge in [-0.05, 0) is 85.6 Å². The molecule has 5 rings (SSSR count). The van der Waals surface area contributed by atoms with Crippen LogP contribution in [0.1, 0.15) is 21.5 Å². The summed E-state index contributed by atoms with van der Waals surface area (Å²) in [7, 11) is 0. The number of amides is 1. The van der Waals surface area contributed by atoms with E-state index in [0.29, 0.717) is 5.56 Å². The van der Waals surface area contributed by atoms with Crippen molar-refractivity contribution in [2.45, 2.75) is 20.0 Å². The summed E-state index contributed by atoms with van der Waals surface area (Å²) in [5, 5.41) is 19.1. The predicted octanol–water partition coefficient (Wildman–Crippen LogP) is 7.27. The molecule has 7 nitrogen and oxygen atoms in total. The lowest BCUT2D eigenvalue weighted by atomic mass is 10.1. The molecular weight excluding hydrogens is 521 g/mol. The van der Waals surface area contributed by atoms with Crippen molar-refractivity contribution in [3.05, 3.63) is 114 Å². The Morgan fingerprint density at radius 3 is 2.05 bits per heavy atom. The third kappa shape index (κ3) is 7.04. The van der Waals surface area contributed by atoms with Crippen molar-refractivity contribution < 1.29 is 27.9 Å². The van der Waals surface area contributed by atoms with Crippen molar-refractivity contribution in [1.29, 1.82) is 0 Å². The van der Waals surface area contributed by atoms with Crippen LogP contribution in [0.2, 0.25) is 0 Å². The van der Waals surface area contributed by atoms with Gasteiger partial charge in [0.1, 0.15) is 0 Å². The van der Waals surface area contributed by atoms with Gasteiger partial charge in [0.15, 0.2) is 0 Å². The highest BCUT2D eigenvalue weighted by Gasteiger charge is 2.38. The molecule has 0 fully saturated rings. The second-order valence-corrected chi connectivity index (χ2v) is 9.00. The summed E-state index contributed by atoms with van der Waals surface area (Å²) in [6, 6.07) is 29.7. The van der Waals surface area contributed by atoms with Gasteiger partial charge in [0.2, 0.25) is 0 Å². The number of nitrogens with zero attached hydrogens (tertiary/aromatic N) is 2. The topological polar surface area (TPSA) is 96.3 Å². The lowest BCUT2D eigenvalue weighted by Gasteiger charge is -2.10. The van der Waals surface area contributed by atoms with E-state index in [4.69, 9.17) is 9.90 Å². The first-order valence-corrected chi connectivity index (χ1v) is 12.1. The molecule has 4 aromatic carbocycles. The molecule has 0 atom stereocenters. The van der Waals surface area contributed by atoms with Gasteiger partial charge >= 0.3 is 12.1 Å². The molecule has 0 saturated heterocycles. The maximum atomic E-state index is 12.8. The zero-order valence-corrected chi connectivity index (χ0v) is 21.5. The molecule has 0 aliphatic rings. The maximum absolute atomic E-state index is 12.8. The molecule has 3 N–H and O–H groups in total. The third-order valence-electron chi connectivity index (χ3n) is 5.75. The van der Waals surface area contributed by atoms with E-state index in [1.807, 2.05) is 90.6 Å². The van der Waals surface area contributed by atoms with Crippen LogP contribution < -0.4 is 10.6 Å². The monoisotopic (exact) mass is 546 g/mol. The van der Waals surface area contributed by atoms with Crippen molar-refractivity contribution in [3.63, 3.8) is 0 Å². The lowest BCUT2D eigenvalue weighted by Crippen LogP contribution is -2.21. The number of alkyl halides is 3. The quantitative estimate of drug-likeness (QED) is 0.215. The predicted molar refractivity (Wildman–Crippen MR) is 148 cm³/mol. The van der Waals surface area contributed by atoms with E-state index in [1.54, 1.807) is 0 Å². The summed E-state index contributed by atoms with van der Waals surface area (Å²) in [6.07, 6.45) is -3.24. The van der Waals surface area contributed by atoms with Crippen molar-refractivity contribution in [2.75, 3.05) is 10.6 Å². The van der Waals surface area contributed by atoms with E-state index in [9.17, 15) is 18.0 Å². The van der Waals surface area contributed by atoms with Crippen molar-refractivity contribution >= 4 is 39.8 Å². The Labute approximate surface area is 227 Å². The van der Waals surface area contributed by atoms with Crippen LogP contribution in [0.5, 0.6) is 0 Å². The van der Waals surface area contributed by atoms with Crippen LogP contribution in [0.15, 0.2) is 97.2 Å². The largest absolute Gasteiger partial charge is 0.490 e. The Hall–Kier alpha value is -5.12. The average molecular weight is 547 g/mol. The first-order chi connectivity index (χ1) is 19.0. The number of hydrogen-bond donors (Lipinski definition) is 3. The lowest BCUT2D eigenvalue weighted by molar-refractivity contribution is -0.192. The zero-order valence-electron chi connectivity index (χ0n) is 21.5. The summed E-state index contributed by atoms with van der Waals surface area (Å²) < 4.78 is 33.6. The molecular formula is C30H25F3N4O3. The molecule has 5 aromatic rings. The molecule has 0 radical (unpaired) electrons. The number of carboxylic acid groups (broad SMARTS) is 1. The van der Waals surface area contributed by atoms with Gasteiger partial charge in [-0.2, -0.15) is 18.3 Å².